The Morgan fingerprint density at radius 2 is 1.95 bits per heavy atom. The summed E-state index contributed by atoms with van der Waals surface area (Å²) in [6, 6.07) is 6.22. The van der Waals surface area contributed by atoms with Crippen molar-refractivity contribution in [1.82, 2.24) is 0 Å². The summed E-state index contributed by atoms with van der Waals surface area (Å²) >= 11 is 0. The van der Waals surface area contributed by atoms with E-state index in [0.717, 1.165) is 42.6 Å². The highest BCUT2D eigenvalue weighted by Crippen LogP contribution is 2.40. The molecule has 21 heavy (non-hydrogen) atoms. The summed E-state index contributed by atoms with van der Waals surface area (Å²) in [7, 11) is 3.42. The van der Waals surface area contributed by atoms with E-state index in [1.807, 2.05) is 12.1 Å². The third kappa shape index (κ3) is 3.43. The van der Waals surface area contributed by atoms with Crippen LogP contribution >= 0.6 is 0 Å². The molecule has 1 aromatic carbocycles. The third-order valence-corrected chi connectivity index (χ3v) is 4.66. The van der Waals surface area contributed by atoms with E-state index in [4.69, 9.17) is 15.2 Å². The van der Waals surface area contributed by atoms with E-state index in [9.17, 15) is 0 Å². The lowest BCUT2D eigenvalue weighted by Crippen LogP contribution is -2.47. The molecule has 116 valence electrons. The molecular weight excluding hydrogens is 264 g/mol. The number of piperidine rings is 1. The second-order valence-electron chi connectivity index (χ2n) is 6.48. The van der Waals surface area contributed by atoms with Crippen LogP contribution in [0.5, 0.6) is 11.5 Å². The zero-order chi connectivity index (χ0) is 14.8. The maximum atomic E-state index is 6.30. The van der Waals surface area contributed by atoms with Crippen LogP contribution in [0, 0.1) is 11.8 Å². The number of nitrogens with zero attached hydrogens (tertiary/aromatic N) is 1. The molecule has 1 aromatic rings. The number of rotatable bonds is 5. The van der Waals surface area contributed by atoms with Gasteiger partial charge in [0.25, 0.3) is 0 Å². The van der Waals surface area contributed by atoms with E-state index in [0.29, 0.717) is 5.92 Å². The van der Waals surface area contributed by atoms with E-state index < -0.39 is 0 Å². The predicted octanol–water partition coefficient (Wildman–Crippen LogP) is 2.66. The van der Waals surface area contributed by atoms with Crippen molar-refractivity contribution >= 4 is 5.69 Å². The summed E-state index contributed by atoms with van der Waals surface area (Å²) in [6.45, 7) is 1.97. The molecule has 0 bridgehead atoms. The minimum absolute atomic E-state index is 0.249. The summed E-state index contributed by atoms with van der Waals surface area (Å²) in [5.41, 5.74) is 7.40. The van der Waals surface area contributed by atoms with Gasteiger partial charge in [-0.1, -0.05) is 12.8 Å². The number of methoxy groups -OCH3 is 2. The van der Waals surface area contributed by atoms with E-state index >= 15 is 0 Å². The summed E-state index contributed by atoms with van der Waals surface area (Å²) in [5.74, 6) is 3.42. The van der Waals surface area contributed by atoms with Crippen LogP contribution in [0.3, 0.4) is 0 Å². The largest absolute Gasteiger partial charge is 0.497 e. The molecule has 0 aromatic heterocycles. The number of hydrogen-bond donors (Lipinski definition) is 1. The standard InChI is InChI=1S/C17H26N2O2/c1-20-15-5-6-17(21-2)16(9-15)19-10-13(7-12-3-4-12)8-14(18)11-19/h5-6,9,12-14H,3-4,7-8,10-11,18H2,1-2H3. The summed E-state index contributed by atoms with van der Waals surface area (Å²) in [5, 5.41) is 0. The predicted molar refractivity (Wildman–Crippen MR) is 85.2 cm³/mol. The highest BCUT2D eigenvalue weighted by molar-refractivity contribution is 5.62. The van der Waals surface area contributed by atoms with Crippen molar-refractivity contribution in [2.75, 3.05) is 32.2 Å². The maximum Gasteiger partial charge on any atom is 0.142 e. The van der Waals surface area contributed by atoms with Gasteiger partial charge in [0.15, 0.2) is 0 Å². The average molecular weight is 290 g/mol. The Hall–Kier alpha value is -1.42. The Bertz CT molecular complexity index is 486. The smallest absolute Gasteiger partial charge is 0.142 e. The number of hydrogen-bond acceptors (Lipinski definition) is 4. The average Bonchev–Trinajstić information content (AvgIpc) is 3.29. The molecule has 2 aliphatic rings. The molecular formula is C17H26N2O2. The Morgan fingerprint density at radius 1 is 1.14 bits per heavy atom. The van der Waals surface area contributed by atoms with Crippen LogP contribution in [-0.4, -0.2) is 33.4 Å². The lowest BCUT2D eigenvalue weighted by molar-refractivity contribution is 0.339. The van der Waals surface area contributed by atoms with Gasteiger partial charge in [-0.2, -0.15) is 0 Å². The second kappa shape index (κ2) is 6.14. The zero-order valence-electron chi connectivity index (χ0n) is 13.0. The molecule has 0 spiro atoms. The second-order valence-corrected chi connectivity index (χ2v) is 6.48. The first-order valence-corrected chi connectivity index (χ1v) is 7.92. The van der Waals surface area contributed by atoms with E-state index in [2.05, 4.69) is 11.0 Å². The number of anilines is 1. The molecule has 0 radical (unpaired) electrons. The van der Waals surface area contributed by atoms with Crippen molar-refractivity contribution in [2.24, 2.45) is 17.6 Å². The first-order chi connectivity index (χ1) is 10.2. The van der Waals surface area contributed by atoms with Gasteiger partial charge in [-0.05, 0) is 36.8 Å². The first kappa shape index (κ1) is 14.5. The van der Waals surface area contributed by atoms with Crippen molar-refractivity contribution in [3.8, 4) is 11.5 Å². The van der Waals surface area contributed by atoms with Crippen LogP contribution in [0.25, 0.3) is 0 Å². The normalized spacial score (nSPS) is 25.8. The van der Waals surface area contributed by atoms with Crippen LogP contribution in [0.4, 0.5) is 5.69 Å². The van der Waals surface area contributed by atoms with Gasteiger partial charge in [-0.15, -0.1) is 0 Å². The summed E-state index contributed by atoms with van der Waals surface area (Å²) in [4.78, 5) is 2.38. The third-order valence-electron chi connectivity index (χ3n) is 4.66. The minimum atomic E-state index is 0.249. The molecule has 1 saturated heterocycles. The van der Waals surface area contributed by atoms with Crippen molar-refractivity contribution in [3.05, 3.63) is 18.2 Å². The van der Waals surface area contributed by atoms with Crippen molar-refractivity contribution < 1.29 is 9.47 Å². The van der Waals surface area contributed by atoms with Crippen LogP contribution < -0.4 is 20.1 Å². The molecule has 1 aliphatic heterocycles. The molecule has 0 amide bonds. The fourth-order valence-corrected chi connectivity index (χ4v) is 3.48. The quantitative estimate of drug-likeness (QED) is 0.905. The van der Waals surface area contributed by atoms with Crippen molar-refractivity contribution in [3.63, 3.8) is 0 Å². The highest BCUT2D eigenvalue weighted by Gasteiger charge is 2.32. The van der Waals surface area contributed by atoms with E-state index in [1.165, 1.54) is 19.3 Å². The van der Waals surface area contributed by atoms with Gasteiger partial charge in [0.2, 0.25) is 0 Å². The van der Waals surface area contributed by atoms with E-state index in [1.54, 1.807) is 14.2 Å². The lowest BCUT2D eigenvalue weighted by atomic mass is 9.90. The minimum Gasteiger partial charge on any atom is -0.497 e. The van der Waals surface area contributed by atoms with Crippen LogP contribution in [0.2, 0.25) is 0 Å². The Labute approximate surface area is 127 Å². The monoisotopic (exact) mass is 290 g/mol. The molecule has 3 rings (SSSR count). The zero-order valence-corrected chi connectivity index (χ0v) is 13.0. The number of ether oxygens (including phenoxy) is 2. The molecule has 4 heteroatoms. The molecule has 1 saturated carbocycles. The van der Waals surface area contributed by atoms with Gasteiger partial charge in [0.05, 0.1) is 19.9 Å². The molecule has 2 atom stereocenters. The van der Waals surface area contributed by atoms with Crippen LogP contribution in [-0.2, 0) is 0 Å². The summed E-state index contributed by atoms with van der Waals surface area (Å²) in [6.07, 6.45) is 5.30. The Balaban J connectivity index is 1.79. The van der Waals surface area contributed by atoms with Crippen LogP contribution in [0.15, 0.2) is 18.2 Å². The van der Waals surface area contributed by atoms with Gasteiger partial charge < -0.3 is 20.1 Å². The SMILES string of the molecule is COc1ccc(OC)c(N2CC(N)CC(CC3CC3)C2)c1. The molecule has 2 unspecified atom stereocenters. The lowest BCUT2D eigenvalue weighted by Gasteiger charge is -2.38. The number of nitrogens with two attached hydrogens (primary N) is 1. The topological polar surface area (TPSA) is 47.7 Å². The Kier molecular flexibility index (Phi) is 4.24. The van der Waals surface area contributed by atoms with Gasteiger partial charge in [0.1, 0.15) is 11.5 Å². The molecule has 2 fully saturated rings. The van der Waals surface area contributed by atoms with Gasteiger partial charge in [0, 0.05) is 25.2 Å². The molecule has 4 nitrogen and oxygen atoms in total. The fourth-order valence-electron chi connectivity index (χ4n) is 3.48. The van der Waals surface area contributed by atoms with Gasteiger partial charge >= 0.3 is 0 Å². The Morgan fingerprint density at radius 3 is 2.62 bits per heavy atom. The molecule has 1 aliphatic carbocycles. The molecule has 1 heterocycles. The fraction of sp³-hybridized carbons (Fsp3) is 0.647. The van der Waals surface area contributed by atoms with Crippen molar-refractivity contribution in [1.29, 1.82) is 0 Å². The molecule has 2 N–H and O–H groups in total. The summed E-state index contributed by atoms with van der Waals surface area (Å²) < 4.78 is 10.9. The first-order valence-electron chi connectivity index (χ1n) is 7.92. The number of benzene rings is 1. The van der Waals surface area contributed by atoms with Crippen molar-refractivity contribution in [2.45, 2.75) is 31.7 Å². The van der Waals surface area contributed by atoms with Gasteiger partial charge in [-0.3, -0.25) is 0 Å². The van der Waals surface area contributed by atoms with Crippen LogP contribution in [0.1, 0.15) is 25.7 Å². The van der Waals surface area contributed by atoms with E-state index in [-0.39, 0.29) is 6.04 Å². The highest BCUT2D eigenvalue weighted by atomic mass is 16.5. The van der Waals surface area contributed by atoms with Gasteiger partial charge in [-0.25, -0.2) is 0 Å². The maximum absolute atomic E-state index is 6.30.